The van der Waals surface area contributed by atoms with E-state index in [0.29, 0.717) is 13.1 Å². The number of rotatable bonds is 4. The van der Waals surface area contributed by atoms with Crippen LogP contribution in [-0.4, -0.2) is 53.0 Å². The van der Waals surface area contributed by atoms with E-state index in [9.17, 15) is 14.4 Å². The first kappa shape index (κ1) is 14.4. The number of amides is 2. The lowest BCUT2D eigenvalue weighted by atomic mass is 10.0. The smallest absolute Gasteiger partial charge is 0.305 e. The van der Waals surface area contributed by atoms with Crippen molar-refractivity contribution in [1.29, 1.82) is 0 Å². The molecule has 0 radical (unpaired) electrons. The third kappa shape index (κ3) is 3.19. The Morgan fingerprint density at radius 2 is 2.17 bits per heavy atom. The fraction of sp³-hybridized carbons (Fsp3) is 0.727. The van der Waals surface area contributed by atoms with E-state index in [-0.39, 0.29) is 11.8 Å². The van der Waals surface area contributed by atoms with Crippen LogP contribution < -0.4 is 11.1 Å². The largest absolute Gasteiger partial charge is 0.481 e. The van der Waals surface area contributed by atoms with Crippen LogP contribution in [0.3, 0.4) is 0 Å². The molecule has 1 heterocycles. The molecular weight excluding hydrogens is 238 g/mol. The Hall–Kier alpha value is -1.63. The number of nitrogens with one attached hydrogen (secondary N) is 1. The lowest BCUT2D eigenvalue weighted by molar-refractivity contribution is -0.149. The maximum absolute atomic E-state index is 12.1. The maximum atomic E-state index is 12.1. The number of piperazine rings is 1. The molecule has 2 amide bonds. The van der Waals surface area contributed by atoms with Crippen LogP contribution in [0, 0.1) is 5.92 Å². The molecule has 0 spiro atoms. The minimum Gasteiger partial charge on any atom is -0.481 e. The molecule has 102 valence electrons. The monoisotopic (exact) mass is 257 g/mol. The molecule has 0 aliphatic carbocycles. The Labute approximate surface area is 105 Å². The van der Waals surface area contributed by atoms with E-state index in [1.54, 1.807) is 13.8 Å². The highest BCUT2D eigenvalue weighted by Crippen LogP contribution is 2.13. The zero-order valence-corrected chi connectivity index (χ0v) is 10.5. The molecule has 7 heteroatoms. The molecule has 0 aromatic heterocycles. The van der Waals surface area contributed by atoms with Gasteiger partial charge in [-0.2, -0.15) is 0 Å². The average Bonchev–Trinajstić information content (AvgIpc) is 2.29. The molecule has 1 aliphatic rings. The van der Waals surface area contributed by atoms with Crippen LogP contribution >= 0.6 is 0 Å². The van der Waals surface area contributed by atoms with Gasteiger partial charge in [-0.25, -0.2) is 0 Å². The van der Waals surface area contributed by atoms with E-state index in [1.165, 1.54) is 4.90 Å². The molecule has 2 atom stereocenters. The number of aliphatic carboxylic acids is 1. The van der Waals surface area contributed by atoms with E-state index in [1.807, 2.05) is 0 Å². The molecule has 18 heavy (non-hydrogen) atoms. The number of carboxylic acids is 1. The van der Waals surface area contributed by atoms with Gasteiger partial charge in [-0.15, -0.1) is 0 Å². The Balaban J connectivity index is 2.85. The van der Waals surface area contributed by atoms with Gasteiger partial charge in [0, 0.05) is 13.1 Å². The van der Waals surface area contributed by atoms with Gasteiger partial charge >= 0.3 is 5.97 Å². The predicted molar refractivity (Wildman–Crippen MR) is 63.6 cm³/mol. The van der Waals surface area contributed by atoms with Crippen molar-refractivity contribution >= 4 is 17.8 Å². The molecule has 0 aromatic rings. The Morgan fingerprint density at radius 1 is 1.56 bits per heavy atom. The standard InChI is InChI=1S/C11H19N3O4/c1-6(2)9(12)11(18)14-4-3-13-10(17)7(14)5-8(15)16/h6-7,9H,3-5,12H2,1-2H3,(H,13,17)(H,15,16)/t7?,9-/m0/s1. The van der Waals surface area contributed by atoms with Crippen LogP contribution in [0.15, 0.2) is 0 Å². The Bertz CT molecular complexity index is 356. The number of carbonyl (C=O) groups is 3. The lowest BCUT2D eigenvalue weighted by Gasteiger charge is -2.36. The molecular formula is C11H19N3O4. The van der Waals surface area contributed by atoms with E-state index < -0.39 is 30.4 Å². The van der Waals surface area contributed by atoms with Crippen LogP contribution in [0.1, 0.15) is 20.3 Å². The van der Waals surface area contributed by atoms with Gasteiger partial charge in [-0.05, 0) is 5.92 Å². The second kappa shape index (κ2) is 5.81. The number of hydrogen-bond donors (Lipinski definition) is 3. The Kier molecular flexibility index (Phi) is 4.66. The van der Waals surface area contributed by atoms with Crippen LogP contribution in [0.5, 0.6) is 0 Å². The fourth-order valence-electron chi connectivity index (χ4n) is 1.82. The van der Waals surface area contributed by atoms with Crippen molar-refractivity contribution in [2.24, 2.45) is 11.7 Å². The summed E-state index contributed by atoms with van der Waals surface area (Å²) in [6, 6.07) is -1.68. The third-order valence-electron chi connectivity index (χ3n) is 2.99. The molecule has 7 nitrogen and oxygen atoms in total. The highest BCUT2D eigenvalue weighted by molar-refractivity contribution is 5.93. The summed E-state index contributed by atoms with van der Waals surface area (Å²) in [7, 11) is 0. The zero-order chi connectivity index (χ0) is 13.9. The van der Waals surface area contributed by atoms with Gasteiger partial charge < -0.3 is 21.1 Å². The van der Waals surface area contributed by atoms with Crippen LogP contribution in [0.2, 0.25) is 0 Å². The van der Waals surface area contributed by atoms with Crippen molar-refractivity contribution in [3.05, 3.63) is 0 Å². The third-order valence-corrected chi connectivity index (χ3v) is 2.99. The number of nitrogens with zero attached hydrogens (tertiary/aromatic N) is 1. The van der Waals surface area contributed by atoms with Crippen molar-refractivity contribution in [2.45, 2.75) is 32.4 Å². The van der Waals surface area contributed by atoms with Gasteiger partial charge in [0.1, 0.15) is 6.04 Å². The lowest BCUT2D eigenvalue weighted by Crippen LogP contribution is -2.61. The summed E-state index contributed by atoms with van der Waals surface area (Å²) in [5, 5.41) is 11.3. The van der Waals surface area contributed by atoms with Gasteiger partial charge in [-0.1, -0.05) is 13.8 Å². The van der Waals surface area contributed by atoms with Gasteiger partial charge in [0.25, 0.3) is 0 Å². The van der Waals surface area contributed by atoms with Gasteiger partial charge in [-0.3, -0.25) is 14.4 Å². The van der Waals surface area contributed by atoms with Gasteiger partial charge in [0.15, 0.2) is 0 Å². The van der Waals surface area contributed by atoms with E-state index >= 15 is 0 Å². The minimum atomic E-state index is -1.12. The second-order valence-electron chi connectivity index (χ2n) is 4.71. The number of nitrogens with two attached hydrogens (primary N) is 1. The first-order chi connectivity index (χ1) is 8.34. The quantitative estimate of drug-likeness (QED) is 0.584. The summed E-state index contributed by atoms with van der Waals surface area (Å²) in [5.74, 6) is -1.99. The Morgan fingerprint density at radius 3 is 2.67 bits per heavy atom. The second-order valence-corrected chi connectivity index (χ2v) is 4.71. The molecule has 0 saturated carbocycles. The first-order valence-corrected chi connectivity index (χ1v) is 5.90. The molecule has 1 rings (SSSR count). The molecule has 1 saturated heterocycles. The first-order valence-electron chi connectivity index (χ1n) is 5.90. The van der Waals surface area contributed by atoms with Gasteiger partial charge in [0.2, 0.25) is 11.8 Å². The van der Waals surface area contributed by atoms with Crippen molar-refractivity contribution in [3.8, 4) is 0 Å². The minimum absolute atomic E-state index is 0.0621. The van der Waals surface area contributed by atoms with E-state index in [2.05, 4.69) is 5.32 Å². The highest BCUT2D eigenvalue weighted by atomic mass is 16.4. The van der Waals surface area contributed by atoms with Crippen LogP contribution in [-0.2, 0) is 14.4 Å². The van der Waals surface area contributed by atoms with E-state index in [0.717, 1.165) is 0 Å². The average molecular weight is 257 g/mol. The summed E-state index contributed by atoms with van der Waals surface area (Å²) < 4.78 is 0. The number of hydrogen-bond acceptors (Lipinski definition) is 4. The molecule has 1 aliphatic heterocycles. The molecule has 0 aromatic carbocycles. The molecule has 1 fully saturated rings. The number of carbonyl (C=O) groups excluding carboxylic acids is 2. The molecule has 0 bridgehead atoms. The van der Waals surface area contributed by atoms with Crippen molar-refractivity contribution in [2.75, 3.05) is 13.1 Å². The summed E-state index contributed by atoms with van der Waals surface area (Å²) in [4.78, 5) is 35.7. The summed E-state index contributed by atoms with van der Waals surface area (Å²) >= 11 is 0. The van der Waals surface area contributed by atoms with Gasteiger partial charge in [0.05, 0.1) is 12.5 Å². The SMILES string of the molecule is CC(C)[C@H](N)C(=O)N1CCNC(=O)C1CC(=O)O. The topological polar surface area (TPSA) is 113 Å². The summed E-state index contributed by atoms with van der Waals surface area (Å²) in [6.07, 6.45) is -0.400. The van der Waals surface area contributed by atoms with Crippen molar-refractivity contribution in [1.82, 2.24) is 10.2 Å². The predicted octanol–water partition coefficient (Wildman–Crippen LogP) is -1.23. The summed E-state index contributed by atoms with van der Waals surface area (Å²) in [6.45, 7) is 4.23. The summed E-state index contributed by atoms with van der Waals surface area (Å²) in [5.41, 5.74) is 5.76. The highest BCUT2D eigenvalue weighted by Gasteiger charge is 2.37. The van der Waals surface area contributed by atoms with Crippen LogP contribution in [0.4, 0.5) is 0 Å². The van der Waals surface area contributed by atoms with Crippen LogP contribution in [0.25, 0.3) is 0 Å². The molecule has 1 unspecified atom stereocenters. The normalized spacial score (nSPS) is 21.7. The fourth-order valence-corrected chi connectivity index (χ4v) is 1.82. The van der Waals surface area contributed by atoms with Crippen molar-refractivity contribution < 1.29 is 19.5 Å². The number of carboxylic acid groups (broad SMARTS) is 1. The maximum Gasteiger partial charge on any atom is 0.305 e. The zero-order valence-electron chi connectivity index (χ0n) is 10.5. The van der Waals surface area contributed by atoms with E-state index in [4.69, 9.17) is 10.8 Å². The van der Waals surface area contributed by atoms with Crippen molar-refractivity contribution in [3.63, 3.8) is 0 Å². The molecule has 4 N–H and O–H groups in total.